The highest BCUT2D eigenvalue weighted by Crippen LogP contribution is 2.10. The van der Waals surface area contributed by atoms with Gasteiger partial charge in [0.25, 0.3) is 0 Å². The Labute approximate surface area is 105 Å². The fraction of sp³-hybridized carbons (Fsp3) is 0.0667. The predicted octanol–water partition coefficient (Wildman–Crippen LogP) is 2.48. The molecule has 0 aliphatic carbocycles. The molecular weight excluding hydrogens is 222 g/mol. The number of para-hydroxylation sites is 1. The minimum Gasteiger partial charge on any atom is -0.326 e. The van der Waals surface area contributed by atoms with Crippen LogP contribution in [0.1, 0.15) is 5.69 Å². The Morgan fingerprint density at radius 2 is 2.06 bits per heavy atom. The second-order valence-electron chi connectivity index (χ2n) is 3.93. The molecule has 0 N–H and O–H groups in total. The molecule has 0 aliphatic heterocycles. The number of hydrogen-bond donors (Lipinski definition) is 0. The zero-order valence-corrected chi connectivity index (χ0v) is 9.74. The van der Waals surface area contributed by atoms with Crippen molar-refractivity contribution >= 4 is 10.9 Å². The van der Waals surface area contributed by atoms with E-state index in [1.54, 1.807) is 12.5 Å². The maximum absolute atomic E-state index is 4.50. The predicted molar refractivity (Wildman–Crippen MR) is 70.8 cm³/mol. The molecule has 3 rings (SSSR count). The van der Waals surface area contributed by atoms with Crippen LogP contribution in [-0.2, 0) is 6.54 Å². The Hall–Kier alpha value is -2.60. The monoisotopic (exact) mass is 233 g/mol. The smallest absolute Gasteiger partial charge is 0.113 e. The van der Waals surface area contributed by atoms with Gasteiger partial charge in [-0.25, -0.2) is 9.97 Å². The molecule has 86 valence electrons. The first-order valence-electron chi connectivity index (χ1n) is 5.72. The molecular formula is C15H11N3. The lowest BCUT2D eigenvalue weighted by molar-refractivity contribution is 0.839. The summed E-state index contributed by atoms with van der Waals surface area (Å²) >= 11 is 0. The molecule has 0 fully saturated rings. The molecule has 2 aromatic heterocycles. The lowest BCUT2D eigenvalue weighted by Crippen LogP contribution is -1.90. The standard InChI is InChI=1S/C15H11N3/c1-2-6-15-13(4-1)7-8-14(17-15)5-3-10-18-11-9-16-12-18/h1-2,4,6-9,11-12H,10H2. The molecule has 0 bridgehead atoms. The molecule has 0 saturated carbocycles. The Morgan fingerprint density at radius 1 is 1.11 bits per heavy atom. The molecule has 2 heterocycles. The average molecular weight is 233 g/mol. The number of pyridine rings is 1. The topological polar surface area (TPSA) is 30.7 Å². The molecule has 0 saturated heterocycles. The van der Waals surface area contributed by atoms with Crippen molar-refractivity contribution in [3.8, 4) is 11.8 Å². The molecule has 0 radical (unpaired) electrons. The fourth-order valence-electron chi connectivity index (χ4n) is 1.74. The quantitative estimate of drug-likeness (QED) is 0.604. The Balaban J connectivity index is 1.84. The average Bonchev–Trinajstić information content (AvgIpc) is 2.92. The van der Waals surface area contributed by atoms with Gasteiger partial charge in [0, 0.05) is 17.8 Å². The molecule has 3 heteroatoms. The summed E-state index contributed by atoms with van der Waals surface area (Å²) in [6, 6.07) is 12.0. The van der Waals surface area contributed by atoms with Crippen LogP contribution in [-0.4, -0.2) is 14.5 Å². The fourth-order valence-corrected chi connectivity index (χ4v) is 1.74. The minimum absolute atomic E-state index is 0.633. The van der Waals surface area contributed by atoms with Gasteiger partial charge in [-0.15, -0.1) is 0 Å². The first-order valence-corrected chi connectivity index (χ1v) is 5.72. The summed E-state index contributed by atoms with van der Waals surface area (Å²) in [4.78, 5) is 8.46. The summed E-state index contributed by atoms with van der Waals surface area (Å²) in [5.41, 5.74) is 1.78. The lowest BCUT2D eigenvalue weighted by Gasteiger charge is -1.96. The second-order valence-corrected chi connectivity index (χ2v) is 3.93. The highest BCUT2D eigenvalue weighted by Gasteiger charge is 1.94. The van der Waals surface area contributed by atoms with E-state index in [0.717, 1.165) is 16.6 Å². The number of hydrogen-bond acceptors (Lipinski definition) is 2. The van der Waals surface area contributed by atoms with E-state index in [1.807, 2.05) is 47.2 Å². The van der Waals surface area contributed by atoms with Crippen LogP contribution in [0.15, 0.2) is 55.1 Å². The highest BCUT2D eigenvalue weighted by molar-refractivity contribution is 5.78. The van der Waals surface area contributed by atoms with Gasteiger partial charge in [-0.3, -0.25) is 0 Å². The van der Waals surface area contributed by atoms with E-state index in [0.29, 0.717) is 6.54 Å². The highest BCUT2D eigenvalue weighted by atomic mass is 15.0. The Kier molecular flexibility index (Phi) is 2.77. The van der Waals surface area contributed by atoms with Crippen molar-refractivity contribution < 1.29 is 0 Å². The van der Waals surface area contributed by atoms with Crippen LogP contribution in [0.4, 0.5) is 0 Å². The summed E-state index contributed by atoms with van der Waals surface area (Å²) in [5.74, 6) is 6.14. The number of fused-ring (bicyclic) bond motifs is 1. The van der Waals surface area contributed by atoms with Gasteiger partial charge in [-0.05, 0) is 18.1 Å². The Morgan fingerprint density at radius 3 is 2.94 bits per heavy atom. The van der Waals surface area contributed by atoms with E-state index in [1.165, 1.54) is 0 Å². The maximum Gasteiger partial charge on any atom is 0.113 e. The van der Waals surface area contributed by atoms with Crippen molar-refractivity contribution in [1.82, 2.24) is 14.5 Å². The van der Waals surface area contributed by atoms with E-state index in [2.05, 4.69) is 21.8 Å². The number of nitrogens with zero attached hydrogens (tertiary/aromatic N) is 3. The van der Waals surface area contributed by atoms with Crippen molar-refractivity contribution in [3.05, 3.63) is 60.8 Å². The molecule has 3 nitrogen and oxygen atoms in total. The lowest BCUT2D eigenvalue weighted by atomic mass is 10.2. The zero-order valence-electron chi connectivity index (χ0n) is 9.74. The van der Waals surface area contributed by atoms with Gasteiger partial charge in [0.15, 0.2) is 0 Å². The SMILES string of the molecule is C(#Cc1ccc2ccccc2n1)Cn1ccnc1. The third-order valence-corrected chi connectivity index (χ3v) is 2.64. The van der Waals surface area contributed by atoms with Crippen LogP contribution in [0, 0.1) is 11.8 Å². The third-order valence-electron chi connectivity index (χ3n) is 2.64. The van der Waals surface area contributed by atoms with Crippen molar-refractivity contribution in [2.45, 2.75) is 6.54 Å². The normalized spacial score (nSPS) is 10.0. The van der Waals surface area contributed by atoms with Gasteiger partial charge in [0.2, 0.25) is 0 Å². The first-order chi connectivity index (χ1) is 8.92. The first kappa shape index (κ1) is 10.5. The molecule has 0 spiro atoms. The molecule has 0 amide bonds. The Bertz CT molecular complexity index is 718. The molecule has 0 atom stereocenters. The van der Waals surface area contributed by atoms with Gasteiger partial charge in [-0.1, -0.05) is 30.2 Å². The minimum atomic E-state index is 0.633. The van der Waals surface area contributed by atoms with E-state index in [-0.39, 0.29) is 0 Å². The molecule has 0 unspecified atom stereocenters. The summed E-state index contributed by atoms with van der Waals surface area (Å²) in [5, 5.41) is 1.14. The molecule has 3 aromatic rings. The summed E-state index contributed by atoms with van der Waals surface area (Å²) < 4.78 is 1.92. The van der Waals surface area contributed by atoms with Crippen LogP contribution in [0.2, 0.25) is 0 Å². The zero-order chi connectivity index (χ0) is 12.2. The van der Waals surface area contributed by atoms with E-state index in [4.69, 9.17) is 0 Å². The van der Waals surface area contributed by atoms with Crippen LogP contribution in [0.25, 0.3) is 10.9 Å². The van der Waals surface area contributed by atoms with Crippen molar-refractivity contribution in [2.24, 2.45) is 0 Å². The summed E-state index contributed by atoms with van der Waals surface area (Å²) in [6.07, 6.45) is 5.39. The van der Waals surface area contributed by atoms with Crippen LogP contribution in [0.5, 0.6) is 0 Å². The largest absolute Gasteiger partial charge is 0.326 e. The van der Waals surface area contributed by atoms with Gasteiger partial charge in [-0.2, -0.15) is 0 Å². The van der Waals surface area contributed by atoms with Gasteiger partial charge < -0.3 is 4.57 Å². The molecule has 18 heavy (non-hydrogen) atoms. The van der Waals surface area contributed by atoms with E-state index < -0.39 is 0 Å². The summed E-state index contributed by atoms with van der Waals surface area (Å²) in [6.45, 7) is 0.633. The van der Waals surface area contributed by atoms with Crippen LogP contribution in [0.3, 0.4) is 0 Å². The number of rotatable bonds is 1. The van der Waals surface area contributed by atoms with Crippen molar-refractivity contribution in [3.63, 3.8) is 0 Å². The second kappa shape index (κ2) is 4.72. The third kappa shape index (κ3) is 2.23. The van der Waals surface area contributed by atoms with Crippen LogP contribution < -0.4 is 0 Å². The van der Waals surface area contributed by atoms with E-state index in [9.17, 15) is 0 Å². The number of aromatic nitrogens is 3. The number of benzene rings is 1. The van der Waals surface area contributed by atoms with Gasteiger partial charge in [0.1, 0.15) is 5.69 Å². The van der Waals surface area contributed by atoms with Gasteiger partial charge in [0.05, 0.1) is 18.4 Å². The molecule has 1 aromatic carbocycles. The summed E-state index contributed by atoms with van der Waals surface area (Å²) in [7, 11) is 0. The molecule has 0 aliphatic rings. The number of imidazole rings is 1. The maximum atomic E-state index is 4.50. The van der Waals surface area contributed by atoms with E-state index >= 15 is 0 Å². The van der Waals surface area contributed by atoms with Crippen molar-refractivity contribution in [2.75, 3.05) is 0 Å². The van der Waals surface area contributed by atoms with Crippen LogP contribution >= 0.6 is 0 Å². The van der Waals surface area contributed by atoms with Crippen molar-refractivity contribution in [1.29, 1.82) is 0 Å². The van der Waals surface area contributed by atoms with Gasteiger partial charge >= 0.3 is 0 Å².